The lowest BCUT2D eigenvalue weighted by molar-refractivity contribution is 1.39. The molecule has 6 heteroatoms. The Labute approximate surface area is 66.5 Å². The number of benzene rings is 1. The zero-order chi connectivity index (χ0) is 8.97. The molecule has 0 N–H and O–H groups in total. The van der Waals surface area contributed by atoms with Crippen molar-refractivity contribution in [3.05, 3.63) is 32.9 Å². The summed E-state index contributed by atoms with van der Waals surface area (Å²) in [5.74, 6) is 0. The number of nitrogens with zero attached hydrogens (tertiary/aromatic N) is 3. The van der Waals surface area contributed by atoms with Crippen LogP contribution in [0.25, 0.3) is 0 Å². The summed E-state index contributed by atoms with van der Waals surface area (Å²) >= 11 is 0. The van der Waals surface area contributed by atoms with Crippen molar-refractivity contribution in [1.29, 1.82) is 0 Å². The van der Waals surface area contributed by atoms with Crippen molar-refractivity contribution >= 4 is 17.1 Å². The fraction of sp³-hybridized carbons (Fsp3) is 0. The van der Waals surface area contributed by atoms with Crippen LogP contribution < -0.4 is 0 Å². The zero-order valence-electron chi connectivity index (χ0n) is 5.80. The number of rotatable bonds is 3. The van der Waals surface area contributed by atoms with E-state index in [2.05, 4.69) is 15.5 Å². The van der Waals surface area contributed by atoms with Gasteiger partial charge in [-0.05, 0) is 33.7 Å². The molecule has 0 aliphatic heterocycles. The largest absolute Gasteiger partial charge is 0.145 e. The molecule has 0 atom stereocenters. The van der Waals surface area contributed by atoms with Crippen LogP contribution in [-0.4, -0.2) is 0 Å². The van der Waals surface area contributed by atoms with Crippen molar-refractivity contribution in [2.45, 2.75) is 0 Å². The van der Waals surface area contributed by atoms with E-state index in [1.54, 1.807) is 0 Å². The van der Waals surface area contributed by atoms with Gasteiger partial charge in [0.25, 0.3) is 0 Å². The summed E-state index contributed by atoms with van der Waals surface area (Å²) in [6, 6.07) is 3.58. The molecular formula is C6H3N3O3. The Balaban J connectivity index is 3.27. The molecule has 0 spiro atoms. The fourth-order valence-corrected chi connectivity index (χ4v) is 0.719. The molecule has 0 saturated heterocycles. The summed E-state index contributed by atoms with van der Waals surface area (Å²) in [7, 11) is 0. The summed E-state index contributed by atoms with van der Waals surface area (Å²) in [5.41, 5.74) is -0.239. The molecule has 0 radical (unpaired) electrons. The quantitative estimate of drug-likeness (QED) is 0.645. The minimum absolute atomic E-state index is 0.0389. The van der Waals surface area contributed by atoms with E-state index < -0.39 is 0 Å². The van der Waals surface area contributed by atoms with Gasteiger partial charge in [0.05, 0.1) is 0 Å². The van der Waals surface area contributed by atoms with Gasteiger partial charge >= 0.3 is 0 Å². The molecule has 0 heterocycles. The number of hydrogen-bond donors (Lipinski definition) is 0. The summed E-state index contributed by atoms with van der Waals surface area (Å²) < 4.78 is 0. The third-order valence-electron chi connectivity index (χ3n) is 1.26. The Morgan fingerprint density at radius 2 is 1.50 bits per heavy atom. The summed E-state index contributed by atoms with van der Waals surface area (Å²) in [6.45, 7) is 0. The van der Waals surface area contributed by atoms with Gasteiger partial charge in [-0.15, -0.1) is 14.7 Å². The molecule has 0 fully saturated rings. The van der Waals surface area contributed by atoms with Crippen molar-refractivity contribution in [2.24, 2.45) is 15.5 Å². The maximum absolute atomic E-state index is 10.1. The van der Waals surface area contributed by atoms with E-state index in [4.69, 9.17) is 0 Å². The highest BCUT2D eigenvalue weighted by Gasteiger charge is 2.04. The van der Waals surface area contributed by atoms with Crippen LogP contribution in [-0.2, 0) is 0 Å². The van der Waals surface area contributed by atoms with Crippen molar-refractivity contribution in [3.8, 4) is 0 Å². The third kappa shape index (κ3) is 1.36. The number of nitroso groups, excluding NO2 is 3. The van der Waals surface area contributed by atoms with Crippen molar-refractivity contribution in [1.82, 2.24) is 0 Å². The van der Waals surface area contributed by atoms with Crippen LogP contribution in [0.5, 0.6) is 0 Å². The lowest BCUT2D eigenvalue weighted by Gasteiger charge is -1.92. The van der Waals surface area contributed by atoms with E-state index >= 15 is 0 Å². The van der Waals surface area contributed by atoms with Gasteiger partial charge in [-0.3, -0.25) is 0 Å². The minimum atomic E-state index is -0.179. The first-order chi connectivity index (χ1) is 5.81. The standard InChI is InChI=1S/C6H3N3O3/c10-7-4-1-2-5(8-11)6(3-4)9-12/h1-3H. The minimum Gasteiger partial charge on any atom is -0.145 e. The normalized spacial score (nSPS) is 9.00. The van der Waals surface area contributed by atoms with Gasteiger partial charge in [0.1, 0.15) is 17.1 Å². The van der Waals surface area contributed by atoms with Gasteiger partial charge in [0.15, 0.2) is 0 Å². The molecule has 0 aromatic heterocycles. The average Bonchev–Trinajstić information content (AvgIpc) is 2.16. The van der Waals surface area contributed by atoms with Crippen molar-refractivity contribution < 1.29 is 0 Å². The molecule has 0 aliphatic rings. The van der Waals surface area contributed by atoms with Gasteiger partial charge in [-0.1, -0.05) is 0 Å². The topological polar surface area (TPSA) is 88.3 Å². The summed E-state index contributed by atoms with van der Waals surface area (Å²) in [6.07, 6.45) is 0. The van der Waals surface area contributed by atoms with Crippen LogP contribution in [0.3, 0.4) is 0 Å². The Kier molecular flexibility index (Phi) is 2.32. The monoisotopic (exact) mass is 165 g/mol. The average molecular weight is 165 g/mol. The van der Waals surface area contributed by atoms with Gasteiger partial charge in [0, 0.05) is 0 Å². The molecule has 60 valence electrons. The molecular weight excluding hydrogens is 162 g/mol. The molecule has 0 bridgehead atoms. The van der Waals surface area contributed by atoms with E-state index in [0.717, 1.165) is 6.07 Å². The fourth-order valence-electron chi connectivity index (χ4n) is 0.719. The first-order valence-electron chi connectivity index (χ1n) is 2.96. The van der Waals surface area contributed by atoms with Gasteiger partial charge in [0.2, 0.25) is 0 Å². The first kappa shape index (κ1) is 8.12. The third-order valence-corrected chi connectivity index (χ3v) is 1.26. The molecule has 0 saturated carbocycles. The second-order valence-corrected chi connectivity index (χ2v) is 1.95. The van der Waals surface area contributed by atoms with E-state index in [-0.39, 0.29) is 17.1 Å². The predicted molar refractivity (Wildman–Crippen MR) is 42.8 cm³/mol. The maximum Gasteiger partial charge on any atom is 0.139 e. The van der Waals surface area contributed by atoms with Crippen LogP contribution in [0, 0.1) is 14.7 Å². The molecule has 1 aromatic rings. The van der Waals surface area contributed by atoms with Crippen LogP contribution >= 0.6 is 0 Å². The Hall–Kier alpha value is -1.98. The molecule has 0 amide bonds. The second kappa shape index (κ2) is 3.42. The van der Waals surface area contributed by atoms with E-state index in [1.165, 1.54) is 12.1 Å². The number of hydrogen-bond acceptors (Lipinski definition) is 6. The highest BCUT2D eigenvalue weighted by molar-refractivity contribution is 5.66. The van der Waals surface area contributed by atoms with E-state index in [1.807, 2.05) is 0 Å². The van der Waals surface area contributed by atoms with Crippen LogP contribution in [0.2, 0.25) is 0 Å². The SMILES string of the molecule is O=Nc1ccc(N=O)c(N=O)c1. The van der Waals surface area contributed by atoms with Gasteiger partial charge in [-0.2, -0.15) is 0 Å². The van der Waals surface area contributed by atoms with Crippen LogP contribution in [0.15, 0.2) is 33.7 Å². The molecule has 12 heavy (non-hydrogen) atoms. The maximum atomic E-state index is 10.1. The lowest BCUT2D eigenvalue weighted by atomic mass is 10.2. The lowest BCUT2D eigenvalue weighted by Crippen LogP contribution is -1.66. The highest BCUT2D eigenvalue weighted by Crippen LogP contribution is 2.31. The van der Waals surface area contributed by atoms with Crippen molar-refractivity contribution in [3.63, 3.8) is 0 Å². The Morgan fingerprint density at radius 3 is 2.00 bits per heavy atom. The Morgan fingerprint density at radius 1 is 0.833 bits per heavy atom. The first-order valence-corrected chi connectivity index (χ1v) is 2.96. The predicted octanol–water partition coefficient (Wildman–Crippen LogP) is 2.88. The smallest absolute Gasteiger partial charge is 0.139 e. The molecule has 6 nitrogen and oxygen atoms in total. The Bertz CT molecular complexity index is 337. The van der Waals surface area contributed by atoms with Gasteiger partial charge in [-0.25, -0.2) is 0 Å². The molecule has 1 rings (SSSR count). The molecule has 1 aromatic carbocycles. The van der Waals surface area contributed by atoms with Crippen LogP contribution in [0.1, 0.15) is 0 Å². The zero-order valence-corrected chi connectivity index (χ0v) is 5.80. The van der Waals surface area contributed by atoms with E-state index in [0.29, 0.717) is 0 Å². The van der Waals surface area contributed by atoms with Crippen LogP contribution in [0.4, 0.5) is 17.1 Å². The molecule has 0 aliphatic carbocycles. The summed E-state index contributed by atoms with van der Waals surface area (Å²) in [4.78, 5) is 30.1. The summed E-state index contributed by atoms with van der Waals surface area (Å²) in [5, 5.41) is 7.60. The second-order valence-electron chi connectivity index (χ2n) is 1.95. The van der Waals surface area contributed by atoms with Gasteiger partial charge < -0.3 is 0 Å². The molecule has 0 unspecified atom stereocenters. The van der Waals surface area contributed by atoms with Crippen molar-refractivity contribution in [2.75, 3.05) is 0 Å². The highest BCUT2D eigenvalue weighted by atomic mass is 16.3. The van der Waals surface area contributed by atoms with E-state index in [9.17, 15) is 14.7 Å².